The lowest BCUT2D eigenvalue weighted by Gasteiger charge is -2.29. The highest BCUT2D eigenvalue weighted by atomic mass is 28.3. The lowest BCUT2D eigenvalue weighted by atomic mass is 9.97. The number of hydrogen-bond donors (Lipinski definition) is 0. The molecule has 0 nitrogen and oxygen atoms in total. The fraction of sp³-hybridized carbons (Fsp3) is 0.800. The van der Waals surface area contributed by atoms with E-state index in [0.717, 1.165) is 5.92 Å². The predicted molar refractivity (Wildman–Crippen MR) is 54.4 cm³/mol. The molecule has 1 heteroatoms. The van der Waals surface area contributed by atoms with Crippen molar-refractivity contribution in [2.24, 2.45) is 5.92 Å². The summed E-state index contributed by atoms with van der Waals surface area (Å²) < 4.78 is 0. The van der Waals surface area contributed by atoms with E-state index in [4.69, 9.17) is 0 Å². The summed E-state index contributed by atoms with van der Waals surface area (Å²) >= 11 is 0. The molecule has 0 fully saturated rings. The van der Waals surface area contributed by atoms with Crippen molar-refractivity contribution in [2.45, 2.75) is 45.8 Å². The summed E-state index contributed by atoms with van der Waals surface area (Å²) in [5.41, 5.74) is 0. The van der Waals surface area contributed by atoms with Crippen molar-refractivity contribution in [3.63, 3.8) is 0 Å². The van der Waals surface area contributed by atoms with Gasteiger partial charge in [0.25, 0.3) is 0 Å². The van der Waals surface area contributed by atoms with Gasteiger partial charge < -0.3 is 0 Å². The molecule has 0 spiro atoms. The highest BCUT2D eigenvalue weighted by Gasteiger charge is 2.25. The Morgan fingerprint density at radius 1 is 1.36 bits per heavy atom. The summed E-state index contributed by atoms with van der Waals surface area (Å²) in [7, 11) is -0.958. The molecule has 0 aromatic rings. The quantitative estimate of drug-likeness (QED) is 0.525. The maximum atomic E-state index is 2.51. The molecule has 0 N–H and O–H groups in total. The third-order valence-electron chi connectivity index (χ3n) is 2.60. The Hall–Kier alpha value is -0.0431. The lowest BCUT2D eigenvalue weighted by Crippen LogP contribution is -2.29. The van der Waals surface area contributed by atoms with Crippen LogP contribution >= 0.6 is 0 Å². The Balaban J connectivity index is 2.76. The van der Waals surface area contributed by atoms with Crippen LogP contribution in [0.3, 0.4) is 0 Å². The molecule has 0 amide bonds. The Morgan fingerprint density at radius 3 is 2.36 bits per heavy atom. The van der Waals surface area contributed by atoms with Crippen LogP contribution in [0.4, 0.5) is 0 Å². The van der Waals surface area contributed by atoms with Gasteiger partial charge in [-0.25, -0.2) is 0 Å². The third kappa shape index (κ3) is 2.19. The van der Waals surface area contributed by atoms with Crippen LogP contribution in [0.2, 0.25) is 19.6 Å². The first-order chi connectivity index (χ1) is 5.02. The molecule has 11 heavy (non-hydrogen) atoms. The SMILES string of the molecule is CC1CCCC=C1[Si](C)(C)C. The molecule has 0 saturated heterocycles. The molecule has 1 unspecified atom stereocenters. The van der Waals surface area contributed by atoms with Gasteiger partial charge in [0, 0.05) is 0 Å². The predicted octanol–water partition coefficient (Wildman–Crippen LogP) is 3.61. The van der Waals surface area contributed by atoms with Crippen molar-refractivity contribution in [3.05, 3.63) is 11.3 Å². The molecule has 64 valence electrons. The maximum Gasteiger partial charge on any atom is 0.0723 e. The van der Waals surface area contributed by atoms with Crippen LogP contribution in [0, 0.1) is 5.92 Å². The van der Waals surface area contributed by atoms with Crippen molar-refractivity contribution >= 4 is 8.07 Å². The first kappa shape index (κ1) is 9.05. The summed E-state index contributed by atoms with van der Waals surface area (Å²) in [5.74, 6) is 0.885. The second-order valence-electron chi connectivity index (χ2n) is 4.74. The molecule has 0 saturated carbocycles. The first-order valence-electron chi connectivity index (χ1n) is 4.72. The van der Waals surface area contributed by atoms with Gasteiger partial charge in [0.1, 0.15) is 0 Å². The van der Waals surface area contributed by atoms with E-state index in [1.165, 1.54) is 19.3 Å². The van der Waals surface area contributed by atoms with E-state index < -0.39 is 8.07 Å². The first-order valence-corrected chi connectivity index (χ1v) is 8.22. The van der Waals surface area contributed by atoms with E-state index in [1.807, 2.05) is 5.20 Å². The standard InChI is InChI=1S/C10H20Si/c1-9-7-5-6-8-10(9)11(2,3)4/h8-9H,5-7H2,1-4H3. The van der Waals surface area contributed by atoms with Crippen molar-refractivity contribution in [2.75, 3.05) is 0 Å². The van der Waals surface area contributed by atoms with E-state index in [9.17, 15) is 0 Å². The molecule has 1 atom stereocenters. The summed E-state index contributed by atoms with van der Waals surface area (Å²) in [5, 5.41) is 1.81. The average molecular weight is 168 g/mol. The van der Waals surface area contributed by atoms with Crippen LogP contribution < -0.4 is 0 Å². The Morgan fingerprint density at radius 2 is 2.00 bits per heavy atom. The molecule has 0 aliphatic heterocycles. The van der Waals surface area contributed by atoms with Crippen LogP contribution in [-0.4, -0.2) is 8.07 Å². The molecular weight excluding hydrogens is 148 g/mol. The van der Waals surface area contributed by atoms with Crippen molar-refractivity contribution in [1.29, 1.82) is 0 Å². The van der Waals surface area contributed by atoms with Crippen LogP contribution in [0.5, 0.6) is 0 Å². The van der Waals surface area contributed by atoms with Crippen LogP contribution in [0.1, 0.15) is 26.2 Å². The molecule has 0 aromatic carbocycles. The number of hydrogen-bond acceptors (Lipinski definition) is 0. The Labute approximate surface area is 71.7 Å². The zero-order chi connectivity index (χ0) is 8.48. The second kappa shape index (κ2) is 3.14. The van der Waals surface area contributed by atoms with E-state index in [2.05, 4.69) is 32.6 Å². The van der Waals surface area contributed by atoms with E-state index in [1.54, 1.807) is 0 Å². The zero-order valence-electron chi connectivity index (χ0n) is 8.28. The topological polar surface area (TPSA) is 0 Å². The molecule has 1 aliphatic rings. The highest BCUT2D eigenvalue weighted by Crippen LogP contribution is 2.30. The van der Waals surface area contributed by atoms with Gasteiger partial charge >= 0.3 is 0 Å². The third-order valence-corrected chi connectivity index (χ3v) is 5.03. The lowest BCUT2D eigenvalue weighted by molar-refractivity contribution is 0.569. The van der Waals surface area contributed by atoms with Gasteiger partial charge in [-0.2, -0.15) is 0 Å². The van der Waals surface area contributed by atoms with Gasteiger partial charge in [-0.15, -0.1) is 0 Å². The fourth-order valence-corrected chi connectivity index (χ4v) is 4.46. The zero-order valence-corrected chi connectivity index (χ0v) is 9.28. The smallest absolute Gasteiger partial charge is 0.0723 e. The molecule has 0 radical (unpaired) electrons. The second-order valence-corrected chi connectivity index (χ2v) is 9.82. The van der Waals surface area contributed by atoms with Gasteiger partial charge in [0.2, 0.25) is 0 Å². The van der Waals surface area contributed by atoms with Gasteiger partial charge in [0.15, 0.2) is 0 Å². The summed E-state index contributed by atoms with van der Waals surface area (Å²) in [6.07, 6.45) is 6.69. The molecule has 0 aromatic heterocycles. The Bertz CT molecular complexity index is 162. The molecular formula is C10H20Si. The fourth-order valence-electron chi connectivity index (χ4n) is 2.08. The Kier molecular flexibility index (Phi) is 2.58. The largest absolute Gasteiger partial charge is 0.0889 e. The monoisotopic (exact) mass is 168 g/mol. The van der Waals surface area contributed by atoms with Crippen molar-refractivity contribution < 1.29 is 0 Å². The molecule has 1 rings (SSSR count). The molecule has 0 heterocycles. The maximum absolute atomic E-state index is 2.51. The van der Waals surface area contributed by atoms with Crippen molar-refractivity contribution in [3.8, 4) is 0 Å². The summed E-state index contributed by atoms with van der Waals surface area (Å²) in [6.45, 7) is 9.77. The van der Waals surface area contributed by atoms with Crippen molar-refractivity contribution in [1.82, 2.24) is 0 Å². The highest BCUT2D eigenvalue weighted by molar-refractivity contribution is 6.83. The van der Waals surface area contributed by atoms with E-state index in [-0.39, 0.29) is 0 Å². The van der Waals surface area contributed by atoms with E-state index >= 15 is 0 Å². The molecule has 1 aliphatic carbocycles. The van der Waals surface area contributed by atoms with Gasteiger partial charge in [-0.05, 0) is 25.2 Å². The van der Waals surface area contributed by atoms with E-state index in [0.29, 0.717) is 0 Å². The minimum Gasteiger partial charge on any atom is -0.0889 e. The van der Waals surface area contributed by atoms with Gasteiger partial charge in [-0.3, -0.25) is 0 Å². The minimum atomic E-state index is -0.958. The number of rotatable bonds is 1. The summed E-state index contributed by atoms with van der Waals surface area (Å²) in [4.78, 5) is 0. The van der Waals surface area contributed by atoms with Crippen LogP contribution in [-0.2, 0) is 0 Å². The number of allylic oxidation sites excluding steroid dienone is 2. The minimum absolute atomic E-state index is 0.885. The van der Waals surface area contributed by atoms with Crippen LogP contribution in [0.25, 0.3) is 0 Å². The van der Waals surface area contributed by atoms with Crippen LogP contribution in [0.15, 0.2) is 11.3 Å². The molecule has 0 bridgehead atoms. The summed E-state index contributed by atoms with van der Waals surface area (Å²) in [6, 6.07) is 0. The van der Waals surface area contributed by atoms with Gasteiger partial charge in [0.05, 0.1) is 8.07 Å². The normalized spacial score (nSPS) is 26.5. The van der Waals surface area contributed by atoms with Gasteiger partial charge in [-0.1, -0.05) is 37.8 Å². The average Bonchev–Trinajstić information content (AvgIpc) is 1.86.